The van der Waals surface area contributed by atoms with Crippen molar-refractivity contribution in [1.82, 2.24) is 14.8 Å². The number of aryl methyl sites for hydroxylation is 1. The summed E-state index contributed by atoms with van der Waals surface area (Å²) < 4.78 is 2.28. The number of thiazole rings is 1. The molecule has 3 heterocycles. The van der Waals surface area contributed by atoms with Crippen LogP contribution in [0.1, 0.15) is 23.3 Å². The molecular formula is C11H10Cl2N4S. The average Bonchev–Trinajstić information content (AvgIpc) is 2.82. The van der Waals surface area contributed by atoms with Crippen molar-refractivity contribution in [2.24, 2.45) is 7.05 Å². The van der Waals surface area contributed by atoms with Crippen LogP contribution in [-0.2, 0) is 7.05 Å². The Hall–Kier alpha value is -1.04. The Balaban J connectivity index is 2.16. The molecule has 0 aliphatic carbocycles. The van der Waals surface area contributed by atoms with Gasteiger partial charge in [0.25, 0.3) is 0 Å². The smallest absolute Gasteiger partial charge is 0.185 e. The van der Waals surface area contributed by atoms with E-state index < -0.39 is 0 Å². The summed E-state index contributed by atoms with van der Waals surface area (Å²) in [6, 6.07) is 0. The first-order valence-electron chi connectivity index (χ1n) is 5.35. The van der Waals surface area contributed by atoms with Gasteiger partial charge >= 0.3 is 0 Å². The van der Waals surface area contributed by atoms with Crippen LogP contribution in [0.4, 0.5) is 5.82 Å². The number of aromatic nitrogens is 3. The van der Waals surface area contributed by atoms with Gasteiger partial charge < -0.3 is 5.32 Å². The largest absolute Gasteiger partial charge is 0.344 e. The first kappa shape index (κ1) is 12.0. The van der Waals surface area contributed by atoms with Crippen molar-refractivity contribution < 1.29 is 0 Å². The Morgan fingerprint density at radius 2 is 2.22 bits per heavy atom. The molecule has 2 aromatic heterocycles. The summed E-state index contributed by atoms with van der Waals surface area (Å²) in [6.45, 7) is 2.01. The number of allylic oxidation sites excluding steroid dienone is 2. The zero-order valence-electron chi connectivity index (χ0n) is 9.74. The fourth-order valence-electron chi connectivity index (χ4n) is 2.10. The van der Waals surface area contributed by atoms with Crippen molar-refractivity contribution in [3.05, 3.63) is 38.0 Å². The molecule has 0 saturated carbocycles. The van der Waals surface area contributed by atoms with Gasteiger partial charge in [-0.05, 0) is 6.92 Å². The van der Waals surface area contributed by atoms with Gasteiger partial charge in [-0.25, -0.2) is 4.98 Å². The van der Waals surface area contributed by atoms with Crippen LogP contribution in [-0.4, -0.2) is 14.8 Å². The number of nitrogens with zero attached hydrogens (tertiary/aromatic N) is 3. The van der Waals surface area contributed by atoms with E-state index in [0.29, 0.717) is 9.62 Å². The zero-order chi connectivity index (χ0) is 12.9. The Morgan fingerprint density at radius 3 is 2.89 bits per heavy atom. The first-order valence-corrected chi connectivity index (χ1v) is 6.92. The fourth-order valence-corrected chi connectivity index (χ4v) is 3.62. The van der Waals surface area contributed by atoms with Crippen molar-refractivity contribution in [2.45, 2.75) is 12.8 Å². The van der Waals surface area contributed by atoms with Crippen LogP contribution >= 0.6 is 34.5 Å². The van der Waals surface area contributed by atoms with Gasteiger partial charge in [-0.15, -0.1) is 11.3 Å². The lowest BCUT2D eigenvalue weighted by Crippen LogP contribution is -2.12. The minimum atomic E-state index is 0.0625. The molecule has 18 heavy (non-hydrogen) atoms. The molecule has 0 fully saturated rings. The molecule has 94 valence electrons. The van der Waals surface area contributed by atoms with E-state index in [4.69, 9.17) is 23.2 Å². The number of halogens is 2. The molecule has 0 saturated heterocycles. The Bertz CT molecular complexity index is 644. The van der Waals surface area contributed by atoms with Crippen molar-refractivity contribution in [3.8, 4) is 0 Å². The minimum absolute atomic E-state index is 0.0625. The van der Waals surface area contributed by atoms with E-state index in [1.165, 1.54) is 11.3 Å². The number of hydrogen-bond donors (Lipinski definition) is 1. The van der Waals surface area contributed by atoms with E-state index in [2.05, 4.69) is 21.5 Å². The second-order valence-corrected chi connectivity index (χ2v) is 6.12. The van der Waals surface area contributed by atoms with Gasteiger partial charge in [0.2, 0.25) is 0 Å². The predicted molar refractivity (Wildman–Crippen MR) is 74.6 cm³/mol. The molecule has 4 nitrogen and oxygen atoms in total. The SMILES string of the molecule is CC1=CC(c2sc(Cl)nc2Cl)c2cnn(C)c2N1. The number of fused-ring (bicyclic) bond motifs is 1. The van der Waals surface area contributed by atoms with E-state index in [9.17, 15) is 0 Å². The molecule has 0 aromatic carbocycles. The summed E-state index contributed by atoms with van der Waals surface area (Å²) in [5.74, 6) is 1.05. The maximum absolute atomic E-state index is 6.14. The van der Waals surface area contributed by atoms with E-state index >= 15 is 0 Å². The van der Waals surface area contributed by atoms with Crippen molar-refractivity contribution in [3.63, 3.8) is 0 Å². The molecule has 2 aromatic rings. The van der Waals surface area contributed by atoms with Gasteiger partial charge in [-0.2, -0.15) is 5.10 Å². The van der Waals surface area contributed by atoms with Crippen molar-refractivity contribution in [2.75, 3.05) is 5.32 Å². The van der Waals surface area contributed by atoms with Gasteiger partial charge in [0, 0.05) is 24.2 Å². The van der Waals surface area contributed by atoms with Crippen LogP contribution in [0.3, 0.4) is 0 Å². The quantitative estimate of drug-likeness (QED) is 0.874. The Kier molecular flexibility index (Phi) is 2.84. The average molecular weight is 301 g/mol. The molecular weight excluding hydrogens is 291 g/mol. The van der Waals surface area contributed by atoms with E-state index in [-0.39, 0.29) is 5.92 Å². The first-order chi connectivity index (χ1) is 8.56. The summed E-state index contributed by atoms with van der Waals surface area (Å²) in [5, 5.41) is 8.05. The van der Waals surface area contributed by atoms with Gasteiger partial charge in [0.1, 0.15) is 11.0 Å². The Labute approximate surface area is 118 Å². The highest BCUT2D eigenvalue weighted by molar-refractivity contribution is 7.16. The number of rotatable bonds is 1. The summed E-state index contributed by atoms with van der Waals surface area (Å²) in [7, 11) is 1.91. The molecule has 1 N–H and O–H groups in total. The number of anilines is 1. The van der Waals surface area contributed by atoms with Crippen LogP contribution < -0.4 is 5.32 Å². The molecule has 0 bridgehead atoms. The number of hydrogen-bond acceptors (Lipinski definition) is 4. The lowest BCUT2D eigenvalue weighted by molar-refractivity contribution is 0.772. The maximum Gasteiger partial charge on any atom is 0.185 e. The van der Waals surface area contributed by atoms with Crippen LogP contribution in [0.5, 0.6) is 0 Å². The third-order valence-electron chi connectivity index (χ3n) is 2.90. The molecule has 0 radical (unpaired) electrons. The summed E-state index contributed by atoms with van der Waals surface area (Å²) in [4.78, 5) is 5.02. The van der Waals surface area contributed by atoms with Gasteiger partial charge in [0.15, 0.2) is 4.47 Å². The molecule has 1 aliphatic heterocycles. The molecule has 1 aliphatic rings. The summed E-state index contributed by atoms with van der Waals surface area (Å²) >= 11 is 13.5. The van der Waals surface area contributed by atoms with Gasteiger partial charge in [-0.3, -0.25) is 4.68 Å². The summed E-state index contributed by atoms with van der Waals surface area (Å²) in [5.41, 5.74) is 2.15. The third kappa shape index (κ3) is 1.83. The topological polar surface area (TPSA) is 42.7 Å². The third-order valence-corrected chi connectivity index (χ3v) is 4.54. The molecule has 7 heteroatoms. The minimum Gasteiger partial charge on any atom is -0.344 e. The maximum atomic E-state index is 6.14. The lowest BCUT2D eigenvalue weighted by atomic mass is 9.96. The normalized spacial score (nSPS) is 18.2. The summed E-state index contributed by atoms with van der Waals surface area (Å²) in [6.07, 6.45) is 3.96. The molecule has 0 spiro atoms. The van der Waals surface area contributed by atoms with Crippen molar-refractivity contribution >= 4 is 40.4 Å². The number of nitrogens with one attached hydrogen (secondary N) is 1. The molecule has 3 rings (SSSR count). The zero-order valence-corrected chi connectivity index (χ0v) is 12.1. The second kappa shape index (κ2) is 4.26. The van der Waals surface area contributed by atoms with E-state index in [1.54, 1.807) is 0 Å². The fraction of sp³-hybridized carbons (Fsp3) is 0.273. The highest BCUT2D eigenvalue weighted by Gasteiger charge is 2.27. The highest BCUT2D eigenvalue weighted by atomic mass is 35.5. The van der Waals surface area contributed by atoms with Crippen LogP contribution in [0.15, 0.2) is 18.0 Å². The van der Waals surface area contributed by atoms with E-state index in [0.717, 1.165) is 22.0 Å². The van der Waals surface area contributed by atoms with Gasteiger partial charge in [-0.1, -0.05) is 29.3 Å². The molecule has 0 amide bonds. The van der Waals surface area contributed by atoms with E-state index in [1.807, 2.05) is 24.9 Å². The van der Waals surface area contributed by atoms with Crippen LogP contribution in [0.25, 0.3) is 0 Å². The lowest BCUT2D eigenvalue weighted by Gasteiger charge is -2.21. The Morgan fingerprint density at radius 1 is 1.44 bits per heavy atom. The van der Waals surface area contributed by atoms with Crippen LogP contribution in [0.2, 0.25) is 9.62 Å². The molecule has 1 unspecified atom stereocenters. The van der Waals surface area contributed by atoms with Crippen LogP contribution in [0, 0.1) is 0 Å². The molecule has 1 atom stereocenters. The van der Waals surface area contributed by atoms with Gasteiger partial charge in [0.05, 0.1) is 11.1 Å². The predicted octanol–water partition coefficient (Wildman–Crippen LogP) is 3.64. The second-order valence-electron chi connectivity index (χ2n) is 4.15. The monoisotopic (exact) mass is 300 g/mol. The standard InChI is InChI=1S/C11H10Cl2N4S/c1-5-3-6(8-9(12)16-11(13)18-8)7-4-14-17(2)10(7)15-5/h3-4,6,15H,1-2H3. The van der Waals surface area contributed by atoms with Crippen molar-refractivity contribution in [1.29, 1.82) is 0 Å². The highest BCUT2D eigenvalue weighted by Crippen LogP contribution is 2.42.